The van der Waals surface area contributed by atoms with Crippen molar-refractivity contribution in [2.45, 2.75) is 19.9 Å². The van der Waals surface area contributed by atoms with Gasteiger partial charge >= 0.3 is 5.76 Å². The standard InChI is InChI=1S/C16H19N3O2/c1-4-13-12-6-5-11-7-8-19(10-9-18(2)3)14(11)15(12)21-16(20)17-13/h5-8H,4,9-10H2,1-3H3. The molecule has 0 N–H and O–H groups in total. The molecule has 0 bridgehead atoms. The minimum atomic E-state index is -0.521. The van der Waals surface area contributed by atoms with E-state index < -0.39 is 5.76 Å². The second kappa shape index (κ2) is 5.33. The Morgan fingerprint density at radius 2 is 2.10 bits per heavy atom. The molecule has 5 nitrogen and oxygen atoms in total. The number of aryl methyl sites for hydroxylation is 1. The zero-order valence-electron chi connectivity index (χ0n) is 12.6. The second-order valence-electron chi connectivity index (χ2n) is 5.47. The normalized spacial score (nSPS) is 11.8. The predicted octanol–water partition coefficient (Wildman–Crippen LogP) is 2.27. The van der Waals surface area contributed by atoms with E-state index in [2.05, 4.69) is 26.6 Å². The van der Waals surface area contributed by atoms with Crippen molar-refractivity contribution in [1.82, 2.24) is 14.5 Å². The van der Waals surface area contributed by atoms with Crippen LogP contribution in [-0.4, -0.2) is 35.1 Å². The quantitative estimate of drug-likeness (QED) is 0.738. The molecular weight excluding hydrogens is 266 g/mol. The zero-order chi connectivity index (χ0) is 15.0. The van der Waals surface area contributed by atoms with Crippen LogP contribution in [0.25, 0.3) is 21.9 Å². The summed E-state index contributed by atoms with van der Waals surface area (Å²) in [5, 5.41) is 2.01. The summed E-state index contributed by atoms with van der Waals surface area (Å²) in [6, 6.07) is 6.10. The van der Waals surface area contributed by atoms with Crippen LogP contribution in [0, 0.1) is 0 Å². The van der Waals surface area contributed by atoms with Crippen molar-refractivity contribution >= 4 is 21.9 Å². The van der Waals surface area contributed by atoms with Gasteiger partial charge in [0, 0.05) is 30.1 Å². The summed E-state index contributed by atoms with van der Waals surface area (Å²) in [7, 11) is 4.09. The minimum absolute atomic E-state index is 0.521. The number of aromatic nitrogens is 2. The van der Waals surface area contributed by atoms with E-state index in [4.69, 9.17) is 4.42 Å². The van der Waals surface area contributed by atoms with Gasteiger partial charge in [-0.1, -0.05) is 13.0 Å². The molecule has 0 fully saturated rings. The molecule has 3 rings (SSSR count). The average Bonchev–Trinajstić information content (AvgIpc) is 2.87. The Morgan fingerprint density at radius 1 is 1.29 bits per heavy atom. The Hall–Kier alpha value is -2.14. The minimum Gasteiger partial charge on any atom is -0.406 e. The van der Waals surface area contributed by atoms with Gasteiger partial charge in [-0.25, -0.2) is 4.79 Å². The van der Waals surface area contributed by atoms with Gasteiger partial charge in [-0.2, -0.15) is 4.98 Å². The van der Waals surface area contributed by atoms with Crippen LogP contribution < -0.4 is 5.76 Å². The zero-order valence-corrected chi connectivity index (χ0v) is 12.6. The maximum absolute atomic E-state index is 11.7. The number of benzene rings is 1. The van der Waals surface area contributed by atoms with E-state index >= 15 is 0 Å². The molecule has 110 valence electrons. The summed E-state index contributed by atoms with van der Waals surface area (Å²) in [5.74, 6) is -0.521. The van der Waals surface area contributed by atoms with Crippen molar-refractivity contribution in [2.75, 3.05) is 20.6 Å². The van der Waals surface area contributed by atoms with E-state index in [1.165, 1.54) is 0 Å². The van der Waals surface area contributed by atoms with Gasteiger partial charge in [-0.3, -0.25) is 0 Å². The van der Waals surface area contributed by atoms with Gasteiger partial charge < -0.3 is 13.9 Å². The molecule has 21 heavy (non-hydrogen) atoms. The van der Waals surface area contributed by atoms with Crippen molar-refractivity contribution in [2.24, 2.45) is 0 Å². The van der Waals surface area contributed by atoms with Crippen molar-refractivity contribution in [3.8, 4) is 0 Å². The third kappa shape index (κ3) is 2.45. The molecule has 0 amide bonds. The molecule has 1 aromatic carbocycles. The highest BCUT2D eigenvalue weighted by atomic mass is 16.4. The van der Waals surface area contributed by atoms with Gasteiger partial charge in [0.2, 0.25) is 0 Å². The first-order chi connectivity index (χ1) is 10.1. The summed E-state index contributed by atoms with van der Waals surface area (Å²) < 4.78 is 7.56. The molecule has 0 unspecified atom stereocenters. The van der Waals surface area contributed by atoms with E-state index in [0.29, 0.717) is 12.0 Å². The lowest BCUT2D eigenvalue weighted by Gasteiger charge is -2.12. The number of rotatable bonds is 4. The topological polar surface area (TPSA) is 51.3 Å². The number of hydrogen-bond acceptors (Lipinski definition) is 4. The molecule has 0 spiro atoms. The fraction of sp³-hybridized carbons (Fsp3) is 0.375. The Labute approximate surface area is 122 Å². The smallest absolute Gasteiger partial charge is 0.406 e. The van der Waals surface area contributed by atoms with Crippen LogP contribution in [0.4, 0.5) is 0 Å². The number of hydrogen-bond donors (Lipinski definition) is 0. The van der Waals surface area contributed by atoms with Crippen LogP contribution >= 0.6 is 0 Å². The van der Waals surface area contributed by atoms with E-state index in [9.17, 15) is 4.79 Å². The first kappa shape index (κ1) is 13.8. The number of nitrogens with zero attached hydrogens (tertiary/aromatic N) is 3. The molecule has 0 radical (unpaired) electrons. The molecular formula is C16H19N3O2. The maximum Gasteiger partial charge on any atom is 0.439 e. The van der Waals surface area contributed by atoms with Crippen LogP contribution in [0.15, 0.2) is 33.6 Å². The Balaban J connectivity index is 2.28. The van der Waals surface area contributed by atoms with Crippen LogP contribution in [0.5, 0.6) is 0 Å². The summed E-state index contributed by atoms with van der Waals surface area (Å²) in [5.41, 5.74) is 2.42. The summed E-state index contributed by atoms with van der Waals surface area (Å²) in [6.45, 7) is 3.77. The fourth-order valence-electron chi connectivity index (χ4n) is 2.64. The van der Waals surface area contributed by atoms with Crippen LogP contribution in [0.3, 0.4) is 0 Å². The number of fused-ring (bicyclic) bond motifs is 3. The van der Waals surface area contributed by atoms with Gasteiger partial charge in [0.05, 0.1) is 11.2 Å². The van der Waals surface area contributed by atoms with E-state index in [1.807, 2.05) is 33.3 Å². The van der Waals surface area contributed by atoms with E-state index in [-0.39, 0.29) is 0 Å². The van der Waals surface area contributed by atoms with Crippen molar-refractivity contribution < 1.29 is 4.42 Å². The van der Waals surface area contributed by atoms with Crippen molar-refractivity contribution in [1.29, 1.82) is 0 Å². The maximum atomic E-state index is 11.7. The van der Waals surface area contributed by atoms with E-state index in [0.717, 1.165) is 35.1 Å². The molecule has 5 heteroatoms. The van der Waals surface area contributed by atoms with Crippen molar-refractivity contribution in [3.63, 3.8) is 0 Å². The molecule has 2 heterocycles. The average molecular weight is 285 g/mol. The first-order valence-electron chi connectivity index (χ1n) is 7.16. The van der Waals surface area contributed by atoms with Gasteiger partial charge in [0.15, 0.2) is 5.58 Å². The Bertz CT molecular complexity index is 846. The van der Waals surface area contributed by atoms with Gasteiger partial charge in [-0.05, 0) is 32.6 Å². The summed E-state index contributed by atoms with van der Waals surface area (Å²) in [6.07, 6.45) is 2.76. The lowest BCUT2D eigenvalue weighted by Crippen LogP contribution is -2.18. The Morgan fingerprint density at radius 3 is 2.81 bits per heavy atom. The highest BCUT2D eigenvalue weighted by Crippen LogP contribution is 2.27. The molecule has 0 aliphatic rings. The lowest BCUT2D eigenvalue weighted by atomic mass is 10.1. The summed E-state index contributed by atoms with van der Waals surface area (Å²) in [4.78, 5) is 17.8. The SMILES string of the molecule is CCc1nc(=O)oc2c1ccc1ccn(CCN(C)C)c12. The molecule has 3 aromatic rings. The van der Waals surface area contributed by atoms with Gasteiger partial charge in [-0.15, -0.1) is 0 Å². The van der Waals surface area contributed by atoms with Crippen LogP contribution in [0.1, 0.15) is 12.6 Å². The monoisotopic (exact) mass is 285 g/mol. The van der Waals surface area contributed by atoms with Gasteiger partial charge in [0.1, 0.15) is 0 Å². The molecule has 0 aliphatic carbocycles. The molecule has 0 atom stereocenters. The Kier molecular flexibility index (Phi) is 3.51. The van der Waals surface area contributed by atoms with Crippen LogP contribution in [-0.2, 0) is 13.0 Å². The molecule has 0 aliphatic heterocycles. The molecule has 0 saturated carbocycles. The third-order valence-corrected chi connectivity index (χ3v) is 3.73. The first-order valence-corrected chi connectivity index (χ1v) is 7.16. The van der Waals surface area contributed by atoms with Crippen LogP contribution in [0.2, 0.25) is 0 Å². The number of likely N-dealkylation sites (N-methyl/N-ethyl adjacent to an activating group) is 1. The fourth-order valence-corrected chi connectivity index (χ4v) is 2.64. The third-order valence-electron chi connectivity index (χ3n) is 3.73. The molecule has 0 saturated heterocycles. The largest absolute Gasteiger partial charge is 0.439 e. The highest BCUT2D eigenvalue weighted by Gasteiger charge is 2.12. The van der Waals surface area contributed by atoms with E-state index in [1.54, 1.807) is 0 Å². The summed E-state index contributed by atoms with van der Waals surface area (Å²) >= 11 is 0. The second-order valence-corrected chi connectivity index (χ2v) is 5.47. The van der Waals surface area contributed by atoms with Gasteiger partial charge in [0.25, 0.3) is 0 Å². The lowest BCUT2D eigenvalue weighted by molar-refractivity contribution is 0.386. The highest BCUT2D eigenvalue weighted by molar-refractivity contribution is 6.03. The molecule has 2 aromatic heterocycles. The van der Waals surface area contributed by atoms with Crippen molar-refractivity contribution in [3.05, 3.63) is 40.6 Å². The predicted molar refractivity (Wildman–Crippen MR) is 83.7 cm³/mol.